The maximum absolute atomic E-state index is 11.8. The standard InChI is InChI=1S/C16H19NO5/c1-21-16(20)13(9-11-5-3-2-4-6-11)17-14(18)10-22-15(19)12-7-8-12/h2-6,12-13H,7-10H2,1H3,(H,17,18)/t13-/m0/s1. The van der Waals surface area contributed by atoms with Crippen molar-refractivity contribution in [2.45, 2.75) is 25.3 Å². The molecule has 1 atom stereocenters. The van der Waals surface area contributed by atoms with E-state index in [0.717, 1.165) is 18.4 Å². The van der Waals surface area contributed by atoms with E-state index in [0.29, 0.717) is 6.42 Å². The fraction of sp³-hybridized carbons (Fsp3) is 0.438. The Hall–Kier alpha value is -2.37. The van der Waals surface area contributed by atoms with Crippen LogP contribution in [-0.2, 0) is 30.3 Å². The highest BCUT2D eigenvalue weighted by Crippen LogP contribution is 2.29. The highest BCUT2D eigenvalue weighted by Gasteiger charge is 2.32. The zero-order valence-electron chi connectivity index (χ0n) is 12.4. The summed E-state index contributed by atoms with van der Waals surface area (Å²) in [5.74, 6) is -1.47. The van der Waals surface area contributed by atoms with Crippen molar-refractivity contribution in [1.82, 2.24) is 5.32 Å². The molecule has 0 bridgehead atoms. The average Bonchev–Trinajstić information content (AvgIpc) is 3.37. The van der Waals surface area contributed by atoms with Crippen molar-refractivity contribution in [1.29, 1.82) is 0 Å². The van der Waals surface area contributed by atoms with Gasteiger partial charge >= 0.3 is 11.9 Å². The van der Waals surface area contributed by atoms with Gasteiger partial charge in [-0.15, -0.1) is 0 Å². The Kier molecular flexibility index (Phi) is 5.52. The number of esters is 2. The number of amides is 1. The van der Waals surface area contributed by atoms with Gasteiger partial charge in [0.1, 0.15) is 6.04 Å². The molecule has 0 radical (unpaired) electrons. The number of hydrogen-bond acceptors (Lipinski definition) is 5. The zero-order valence-corrected chi connectivity index (χ0v) is 12.4. The van der Waals surface area contributed by atoms with Crippen LogP contribution in [0.3, 0.4) is 0 Å². The summed E-state index contributed by atoms with van der Waals surface area (Å²) in [6, 6.07) is 8.47. The third-order valence-electron chi connectivity index (χ3n) is 3.36. The Morgan fingerprint density at radius 1 is 1.23 bits per heavy atom. The zero-order chi connectivity index (χ0) is 15.9. The molecule has 1 aliphatic rings. The van der Waals surface area contributed by atoms with Crippen LogP contribution >= 0.6 is 0 Å². The van der Waals surface area contributed by atoms with Gasteiger partial charge in [0, 0.05) is 6.42 Å². The van der Waals surface area contributed by atoms with Gasteiger partial charge in [-0.25, -0.2) is 4.79 Å². The lowest BCUT2D eigenvalue weighted by Crippen LogP contribution is -2.44. The van der Waals surface area contributed by atoms with Crippen molar-refractivity contribution in [3.63, 3.8) is 0 Å². The fourth-order valence-electron chi connectivity index (χ4n) is 1.99. The fourth-order valence-corrected chi connectivity index (χ4v) is 1.99. The molecule has 0 aromatic heterocycles. The Morgan fingerprint density at radius 2 is 1.91 bits per heavy atom. The Labute approximate surface area is 128 Å². The van der Waals surface area contributed by atoms with Gasteiger partial charge in [0.2, 0.25) is 0 Å². The number of ether oxygens (including phenoxy) is 2. The first-order valence-electron chi connectivity index (χ1n) is 7.18. The SMILES string of the molecule is COC(=O)[C@H](Cc1ccccc1)NC(=O)COC(=O)C1CC1. The molecule has 1 fully saturated rings. The van der Waals surface area contributed by atoms with E-state index in [1.807, 2.05) is 30.3 Å². The molecule has 1 saturated carbocycles. The van der Waals surface area contributed by atoms with E-state index in [9.17, 15) is 14.4 Å². The number of benzene rings is 1. The smallest absolute Gasteiger partial charge is 0.328 e. The lowest BCUT2D eigenvalue weighted by molar-refractivity contribution is -0.151. The molecule has 0 unspecified atom stereocenters. The average molecular weight is 305 g/mol. The van der Waals surface area contributed by atoms with Crippen LogP contribution in [0.2, 0.25) is 0 Å². The van der Waals surface area contributed by atoms with Crippen LogP contribution in [0, 0.1) is 5.92 Å². The van der Waals surface area contributed by atoms with Gasteiger partial charge in [-0.05, 0) is 18.4 Å². The summed E-state index contributed by atoms with van der Waals surface area (Å²) in [5.41, 5.74) is 0.896. The summed E-state index contributed by atoms with van der Waals surface area (Å²) in [7, 11) is 1.26. The number of hydrogen-bond donors (Lipinski definition) is 1. The maximum atomic E-state index is 11.8. The van der Waals surface area contributed by atoms with Gasteiger partial charge < -0.3 is 14.8 Å². The van der Waals surface area contributed by atoms with E-state index >= 15 is 0 Å². The number of carbonyl (C=O) groups is 3. The van der Waals surface area contributed by atoms with Gasteiger partial charge in [0.05, 0.1) is 13.0 Å². The van der Waals surface area contributed by atoms with Gasteiger partial charge in [-0.3, -0.25) is 9.59 Å². The van der Waals surface area contributed by atoms with Crippen LogP contribution < -0.4 is 5.32 Å². The molecule has 2 rings (SSSR count). The monoisotopic (exact) mass is 305 g/mol. The lowest BCUT2D eigenvalue weighted by atomic mass is 10.1. The first-order chi connectivity index (χ1) is 10.6. The Morgan fingerprint density at radius 3 is 2.50 bits per heavy atom. The van der Waals surface area contributed by atoms with E-state index in [4.69, 9.17) is 9.47 Å². The summed E-state index contributed by atoms with van der Waals surface area (Å²) >= 11 is 0. The van der Waals surface area contributed by atoms with Crippen molar-refractivity contribution in [2.75, 3.05) is 13.7 Å². The van der Waals surface area contributed by atoms with Gasteiger partial charge in [-0.1, -0.05) is 30.3 Å². The molecule has 22 heavy (non-hydrogen) atoms. The Bertz CT molecular complexity index is 539. The van der Waals surface area contributed by atoms with E-state index in [-0.39, 0.29) is 18.5 Å². The molecule has 6 nitrogen and oxygen atoms in total. The third kappa shape index (κ3) is 4.87. The number of methoxy groups -OCH3 is 1. The molecule has 1 aromatic rings. The first-order valence-corrected chi connectivity index (χ1v) is 7.18. The maximum Gasteiger partial charge on any atom is 0.328 e. The van der Waals surface area contributed by atoms with Crippen molar-refractivity contribution in [3.05, 3.63) is 35.9 Å². The summed E-state index contributed by atoms with van der Waals surface area (Å²) in [5, 5.41) is 2.54. The molecule has 0 heterocycles. The molecule has 1 N–H and O–H groups in total. The van der Waals surface area contributed by atoms with Crippen LogP contribution in [-0.4, -0.2) is 37.6 Å². The van der Waals surface area contributed by atoms with E-state index in [1.165, 1.54) is 7.11 Å². The second kappa shape index (κ2) is 7.59. The van der Waals surface area contributed by atoms with Crippen LogP contribution in [0.15, 0.2) is 30.3 Å². The van der Waals surface area contributed by atoms with Crippen molar-refractivity contribution >= 4 is 17.8 Å². The minimum atomic E-state index is -0.806. The van der Waals surface area contributed by atoms with Crippen LogP contribution in [0.1, 0.15) is 18.4 Å². The molecule has 0 spiro atoms. The topological polar surface area (TPSA) is 81.7 Å². The number of nitrogens with one attached hydrogen (secondary N) is 1. The molecule has 6 heteroatoms. The molecular formula is C16H19NO5. The number of rotatable bonds is 7. The lowest BCUT2D eigenvalue weighted by Gasteiger charge is -2.16. The minimum absolute atomic E-state index is 0.0616. The van der Waals surface area contributed by atoms with Gasteiger partial charge in [0.15, 0.2) is 6.61 Å². The van der Waals surface area contributed by atoms with Crippen molar-refractivity contribution < 1.29 is 23.9 Å². The predicted octanol–water partition coefficient (Wildman–Crippen LogP) is 0.840. The highest BCUT2D eigenvalue weighted by atomic mass is 16.5. The second-order valence-corrected chi connectivity index (χ2v) is 5.21. The normalized spacial score (nSPS) is 14.8. The minimum Gasteiger partial charge on any atom is -0.467 e. The van der Waals surface area contributed by atoms with Crippen LogP contribution in [0.5, 0.6) is 0 Å². The molecule has 1 aliphatic carbocycles. The Balaban J connectivity index is 1.86. The quantitative estimate of drug-likeness (QED) is 0.755. The summed E-state index contributed by atoms with van der Waals surface area (Å²) in [6.07, 6.45) is 1.95. The largest absolute Gasteiger partial charge is 0.467 e. The van der Waals surface area contributed by atoms with E-state index in [2.05, 4.69) is 5.32 Å². The predicted molar refractivity (Wildman–Crippen MR) is 77.8 cm³/mol. The molecular weight excluding hydrogens is 286 g/mol. The first kappa shape index (κ1) is 16.0. The highest BCUT2D eigenvalue weighted by molar-refractivity contribution is 5.86. The van der Waals surface area contributed by atoms with Gasteiger partial charge in [0.25, 0.3) is 5.91 Å². The molecule has 0 aliphatic heterocycles. The molecule has 0 saturated heterocycles. The van der Waals surface area contributed by atoms with Crippen molar-refractivity contribution in [3.8, 4) is 0 Å². The van der Waals surface area contributed by atoms with E-state index < -0.39 is 17.9 Å². The summed E-state index contributed by atoms with van der Waals surface area (Å²) in [6.45, 7) is -0.377. The second-order valence-electron chi connectivity index (χ2n) is 5.21. The van der Waals surface area contributed by atoms with Crippen LogP contribution in [0.25, 0.3) is 0 Å². The summed E-state index contributed by atoms with van der Waals surface area (Å²) in [4.78, 5) is 35.0. The van der Waals surface area contributed by atoms with Gasteiger partial charge in [-0.2, -0.15) is 0 Å². The molecule has 118 valence electrons. The van der Waals surface area contributed by atoms with E-state index in [1.54, 1.807) is 0 Å². The molecule has 1 aromatic carbocycles. The number of carbonyl (C=O) groups excluding carboxylic acids is 3. The van der Waals surface area contributed by atoms with Crippen molar-refractivity contribution in [2.24, 2.45) is 5.92 Å². The molecule has 1 amide bonds. The third-order valence-corrected chi connectivity index (χ3v) is 3.36. The van der Waals surface area contributed by atoms with Crippen LogP contribution in [0.4, 0.5) is 0 Å². The summed E-state index contributed by atoms with van der Waals surface area (Å²) < 4.78 is 9.59.